The molecule has 0 saturated carbocycles. The lowest BCUT2D eigenvalue weighted by Gasteiger charge is -2.31. The number of benzene rings is 1. The number of piperazine rings is 1. The van der Waals surface area contributed by atoms with Gasteiger partial charge in [0.1, 0.15) is 0 Å². The first-order valence-corrected chi connectivity index (χ1v) is 8.98. The van der Waals surface area contributed by atoms with Gasteiger partial charge in [-0.05, 0) is 37.1 Å². The Kier molecular flexibility index (Phi) is 3.96. The molecule has 0 bridgehead atoms. The number of hydrogen-bond acceptors (Lipinski definition) is 4. The van der Waals surface area contributed by atoms with Crippen LogP contribution in [-0.2, 0) is 21.2 Å². The van der Waals surface area contributed by atoms with Crippen LogP contribution in [0.15, 0.2) is 23.1 Å². The monoisotopic (exact) mass is 323 g/mol. The second kappa shape index (κ2) is 5.64. The summed E-state index contributed by atoms with van der Waals surface area (Å²) >= 11 is 0. The molecule has 1 aromatic rings. The first-order chi connectivity index (χ1) is 10.4. The molecule has 1 atom stereocenters. The molecule has 120 valence electrons. The van der Waals surface area contributed by atoms with Gasteiger partial charge in [0, 0.05) is 44.8 Å². The van der Waals surface area contributed by atoms with Gasteiger partial charge in [0.2, 0.25) is 15.9 Å². The van der Waals surface area contributed by atoms with Crippen LogP contribution in [0.2, 0.25) is 0 Å². The molecule has 1 N–H and O–H groups in total. The summed E-state index contributed by atoms with van der Waals surface area (Å²) in [6.07, 6.45) is 0.705. The van der Waals surface area contributed by atoms with Crippen LogP contribution in [0.4, 0.5) is 5.69 Å². The molecule has 0 spiro atoms. The van der Waals surface area contributed by atoms with Gasteiger partial charge in [-0.25, -0.2) is 8.42 Å². The normalized spacial score (nSPS) is 22.6. The van der Waals surface area contributed by atoms with Crippen LogP contribution in [-0.4, -0.2) is 50.9 Å². The Bertz CT molecular complexity index is 702. The molecule has 0 radical (unpaired) electrons. The van der Waals surface area contributed by atoms with E-state index in [9.17, 15) is 13.2 Å². The third-order valence-corrected chi connectivity index (χ3v) is 6.16. The molecule has 1 saturated heterocycles. The van der Waals surface area contributed by atoms with Gasteiger partial charge in [-0.15, -0.1) is 0 Å². The highest BCUT2D eigenvalue weighted by Crippen LogP contribution is 2.31. The zero-order valence-corrected chi connectivity index (χ0v) is 13.7. The summed E-state index contributed by atoms with van der Waals surface area (Å²) in [7, 11) is -3.46. The number of nitrogens with zero attached hydrogens (tertiary/aromatic N) is 2. The summed E-state index contributed by atoms with van der Waals surface area (Å²) < 4.78 is 27.1. The molecular formula is C15H21N3O3S. The van der Waals surface area contributed by atoms with Crippen LogP contribution < -0.4 is 10.2 Å². The third kappa shape index (κ3) is 2.64. The Labute approximate surface area is 131 Å². The number of rotatable bonds is 2. The molecule has 1 amide bonds. The third-order valence-electron chi connectivity index (χ3n) is 4.30. The summed E-state index contributed by atoms with van der Waals surface area (Å²) in [6.45, 7) is 5.78. The zero-order valence-electron chi connectivity index (χ0n) is 12.9. The molecule has 1 aromatic carbocycles. The molecule has 6 nitrogen and oxygen atoms in total. The number of carbonyl (C=O) groups is 1. The van der Waals surface area contributed by atoms with Crippen molar-refractivity contribution in [1.29, 1.82) is 0 Å². The Morgan fingerprint density at radius 1 is 1.32 bits per heavy atom. The fourth-order valence-corrected chi connectivity index (χ4v) is 4.71. The van der Waals surface area contributed by atoms with Crippen molar-refractivity contribution in [2.45, 2.75) is 31.2 Å². The van der Waals surface area contributed by atoms with E-state index in [0.29, 0.717) is 37.5 Å². The van der Waals surface area contributed by atoms with Crippen LogP contribution >= 0.6 is 0 Å². The van der Waals surface area contributed by atoms with Gasteiger partial charge in [-0.1, -0.05) is 0 Å². The second-order valence-corrected chi connectivity index (χ2v) is 7.87. The van der Waals surface area contributed by atoms with Crippen molar-refractivity contribution in [3.05, 3.63) is 23.8 Å². The summed E-state index contributed by atoms with van der Waals surface area (Å²) in [5.74, 6) is -0.00899. The van der Waals surface area contributed by atoms with Crippen LogP contribution in [0.3, 0.4) is 0 Å². The standard InChI is InChI=1S/C15H21N3O3S/c1-11-10-17(8-6-16-11)22(20,21)14-3-4-15-13(9-14)5-7-18(15)12(2)19/h3-4,9,11,16H,5-8,10H2,1-2H3/t11-/m0/s1. The maximum atomic E-state index is 12.8. The van der Waals surface area contributed by atoms with E-state index in [1.54, 1.807) is 23.1 Å². The van der Waals surface area contributed by atoms with Gasteiger partial charge in [0.25, 0.3) is 0 Å². The molecule has 0 aliphatic carbocycles. The zero-order chi connectivity index (χ0) is 15.9. The summed E-state index contributed by atoms with van der Waals surface area (Å²) in [5, 5.41) is 3.25. The highest BCUT2D eigenvalue weighted by molar-refractivity contribution is 7.89. The van der Waals surface area contributed by atoms with E-state index in [0.717, 1.165) is 11.3 Å². The fraction of sp³-hybridized carbons (Fsp3) is 0.533. The van der Waals surface area contributed by atoms with E-state index >= 15 is 0 Å². The molecular weight excluding hydrogens is 302 g/mol. The van der Waals surface area contributed by atoms with Crippen molar-refractivity contribution in [2.24, 2.45) is 0 Å². The molecule has 2 heterocycles. The van der Waals surface area contributed by atoms with E-state index in [4.69, 9.17) is 0 Å². The largest absolute Gasteiger partial charge is 0.312 e. The van der Waals surface area contributed by atoms with Gasteiger partial charge < -0.3 is 10.2 Å². The minimum atomic E-state index is -3.46. The number of nitrogens with one attached hydrogen (secondary N) is 1. The highest BCUT2D eigenvalue weighted by atomic mass is 32.2. The molecule has 0 unspecified atom stereocenters. The van der Waals surface area contributed by atoms with Crippen LogP contribution in [0.5, 0.6) is 0 Å². The van der Waals surface area contributed by atoms with E-state index in [2.05, 4.69) is 5.32 Å². The number of sulfonamides is 1. The number of anilines is 1. The van der Waals surface area contributed by atoms with Crippen molar-refractivity contribution >= 4 is 21.6 Å². The topological polar surface area (TPSA) is 69.7 Å². The SMILES string of the molecule is CC(=O)N1CCc2cc(S(=O)(=O)N3CCN[C@@H](C)C3)ccc21. The number of amides is 1. The smallest absolute Gasteiger partial charge is 0.243 e. The van der Waals surface area contributed by atoms with Crippen molar-refractivity contribution in [1.82, 2.24) is 9.62 Å². The molecule has 1 fully saturated rings. The molecule has 0 aromatic heterocycles. The molecule has 3 rings (SSSR count). The van der Waals surface area contributed by atoms with Gasteiger partial charge in [-0.3, -0.25) is 4.79 Å². The Balaban J connectivity index is 1.91. The summed E-state index contributed by atoms with van der Waals surface area (Å²) in [4.78, 5) is 13.6. The molecule has 7 heteroatoms. The highest BCUT2D eigenvalue weighted by Gasteiger charge is 2.30. The molecule has 2 aliphatic rings. The first kappa shape index (κ1) is 15.5. The van der Waals surface area contributed by atoms with Gasteiger partial charge >= 0.3 is 0 Å². The number of carbonyl (C=O) groups excluding carboxylic acids is 1. The maximum absolute atomic E-state index is 12.8. The lowest BCUT2D eigenvalue weighted by molar-refractivity contribution is -0.116. The van der Waals surface area contributed by atoms with E-state index in [-0.39, 0.29) is 11.9 Å². The Morgan fingerprint density at radius 2 is 2.09 bits per heavy atom. The number of fused-ring (bicyclic) bond motifs is 1. The number of hydrogen-bond donors (Lipinski definition) is 1. The predicted octanol–water partition coefficient (Wildman–Crippen LogP) is 0.578. The van der Waals surface area contributed by atoms with Gasteiger partial charge in [-0.2, -0.15) is 4.31 Å². The maximum Gasteiger partial charge on any atom is 0.243 e. The minimum Gasteiger partial charge on any atom is -0.312 e. The average Bonchev–Trinajstić information content (AvgIpc) is 2.90. The van der Waals surface area contributed by atoms with Crippen molar-refractivity contribution in [2.75, 3.05) is 31.1 Å². The summed E-state index contributed by atoms with van der Waals surface area (Å²) in [6, 6.07) is 5.25. The lowest BCUT2D eigenvalue weighted by atomic mass is 10.2. The quantitative estimate of drug-likeness (QED) is 0.864. The van der Waals surface area contributed by atoms with Crippen LogP contribution in [0, 0.1) is 0 Å². The molecule has 22 heavy (non-hydrogen) atoms. The Hall–Kier alpha value is -1.44. The van der Waals surface area contributed by atoms with Crippen LogP contribution in [0.25, 0.3) is 0 Å². The predicted molar refractivity (Wildman–Crippen MR) is 84.4 cm³/mol. The van der Waals surface area contributed by atoms with E-state index in [1.807, 2.05) is 6.92 Å². The van der Waals surface area contributed by atoms with Crippen molar-refractivity contribution in [3.8, 4) is 0 Å². The second-order valence-electron chi connectivity index (χ2n) is 5.93. The lowest BCUT2D eigenvalue weighted by Crippen LogP contribution is -2.51. The van der Waals surface area contributed by atoms with Crippen LogP contribution in [0.1, 0.15) is 19.4 Å². The first-order valence-electron chi connectivity index (χ1n) is 7.54. The van der Waals surface area contributed by atoms with Gasteiger partial charge in [0.15, 0.2) is 0 Å². The summed E-state index contributed by atoms with van der Waals surface area (Å²) in [5.41, 5.74) is 1.76. The Morgan fingerprint density at radius 3 is 2.77 bits per heavy atom. The minimum absolute atomic E-state index is 0.00899. The van der Waals surface area contributed by atoms with Crippen molar-refractivity contribution < 1.29 is 13.2 Å². The van der Waals surface area contributed by atoms with E-state index < -0.39 is 10.0 Å². The van der Waals surface area contributed by atoms with Gasteiger partial charge in [0.05, 0.1) is 4.90 Å². The van der Waals surface area contributed by atoms with E-state index in [1.165, 1.54) is 11.2 Å². The average molecular weight is 323 g/mol. The van der Waals surface area contributed by atoms with Crippen molar-refractivity contribution in [3.63, 3.8) is 0 Å². The fourth-order valence-electron chi connectivity index (χ4n) is 3.13. The molecule has 2 aliphatic heterocycles.